The van der Waals surface area contributed by atoms with Crippen molar-refractivity contribution in [3.05, 3.63) is 103 Å². The average Bonchev–Trinajstić information content (AvgIpc) is 3.10. The Balaban J connectivity index is 1.50. The van der Waals surface area contributed by atoms with Gasteiger partial charge < -0.3 is 9.47 Å². The molecule has 0 radical (unpaired) electrons. The summed E-state index contributed by atoms with van der Waals surface area (Å²) in [5.74, 6) is 0.476. The quantitative estimate of drug-likeness (QED) is 0.207. The molecular weight excluding hydrogens is 536 g/mol. The summed E-state index contributed by atoms with van der Waals surface area (Å²) in [5.41, 5.74) is 2.68. The third-order valence-electron chi connectivity index (χ3n) is 4.26. The van der Waals surface area contributed by atoms with Crippen molar-refractivity contribution in [3.8, 4) is 5.75 Å². The standard InChI is InChI=1S/C23H14Cl2INO3/c24-19-9-4-15(11-20(19)25)13-29-18-3-1-2-14(10-18)12-21-23(28)30-22(27-21)16-5-7-17(26)8-6-16/h1-12H,13H2/b21-12-. The molecule has 0 saturated heterocycles. The van der Waals surface area contributed by atoms with Gasteiger partial charge in [-0.3, -0.25) is 0 Å². The summed E-state index contributed by atoms with van der Waals surface area (Å²) in [4.78, 5) is 16.6. The van der Waals surface area contributed by atoms with Gasteiger partial charge in [-0.25, -0.2) is 9.79 Å². The van der Waals surface area contributed by atoms with Gasteiger partial charge in [-0.2, -0.15) is 0 Å². The molecule has 1 heterocycles. The van der Waals surface area contributed by atoms with Gasteiger partial charge in [0.2, 0.25) is 5.90 Å². The molecule has 150 valence electrons. The van der Waals surface area contributed by atoms with Crippen molar-refractivity contribution in [2.24, 2.45) is 4.99 Å². The van der Waals surface area contributed by atoms with Crippen LogP contribution in [0.25, 0.3) is 6.08 Å². The fourth-order valence-electron chi connectivity index (χ4n) is 2.77. The fourth-order valence-corrected chi connectivity index (χ4v) is 3.45. The van der Waals surface area contributed by atoms with Crippen molar-refractivity contribution >= 4 is 63.7 Å². The number of carbonyl (C=O) groups is 1. The van der Waals surface area contributed by atoms with E-state index in [0.717, 1.165) is 20.3 Å². The first-order valence-electron chi connectivity index (χ1n) is 8.93. The molecule has 0 aromatic heterocycles. The lowest BCUT2D eigenvalue weighted by atomic mass is 10.2. The molecule has 4 rings (SSSR count). The number of benzene rings is 3. The maximum atomic E-state index is 12.2. The number of hydrogen-bond donors (Lipinski definition) is 0. The first-order chi connectivity index (χ1) is 14.5. The van der Waals surface area contributed by atoms with Crippen LogP contribution in [-0.4, -0.2) is 11.9 Å². The number of hydrogen-bond acceptors (Lipinski definition) is 4. The lowest BCUT2D eigenvalue weighted by molar-refractivity contribution is -0.129. The number of esters is 1. The first kappa shape index (κ1) is 20.9. The van der Waals surface area contributed by atoms with Crippen LogP contribution in [0.4, 0.5) is 0 Å². The Bertz CT molecular complexity index is 1170. The third kappa shape index (κ3) is 5.03. The highest BCUT2D eigenvalue weighted by Crippen LogP contribution is 2.25. The summed E-state index contributed by atoms with van der Waals surface area (Å²) in [6.07, 6.45) is 1.67. The Morgan fingerprint density at radius 2 is 1.80 bits per heavy atom. The number of aliphatic imine (C=N–C) groups is 1. The number of halogens is 3. The highest BCUT2D eigenvalue weighted by atomic mass is 127. The van der Waals surface area contributed by atoms with Gasteiger partial charge in [0.25, 0.3) is 0 Å². The number of carbonyl (C=O) groups excluding carboxylic acids is 1. The number of nitrogens with zero attached hydrogens (tertiary/aromatic N) is 1. The molecular formula is C23H14Cl2INO3. The average molecular weight is 550 g/mol. The highest BCUT2D eigenvalue weighted by molar-refractivity contribution is 14.1. The second-order valence-corrected chi connectivity index (χ2v) is 8.51. The van der Waals surface area contributed by atoms with E-state index in [4.69, 9.17) is 32.7 Å². The Hall–Kier alpha value is -2.35. The summed E-state index contributed by atoms with van der Waals surface area (Å²) in [6.45, 7) is 0.341. The largest absolute Gasteiger partial charge is 0.489 e. The number of rotatable bonds is 5. The van der Waals surface area contributed by atoms with E-state index in [0.29, 0.717) is 28.3 Å². The van der Waals surface area contributed by atoms with Crippen LogP contribution in [0.15, 0.2) is 77.4 Å². The van der Waals surface area contributed by atoms with Crippen molar-refractivity contribution < 1.29 is 14.3 Å². The van der Waals surface area contributed by atoms with Gasteiger partial charge in [0.15, 0.2) is 5.70 Å². The summed E-state index contributed by atoms with van der Waals surface area (Å²) >= 11 is 14.2. The van der Waals surface area contributed by atoms with Crippen LogP contribution in [0.1, 0.15) is 16.7 Å². The van der Waals surface area contributed by atoms with Gasteiger partial charge in [-0.1, -0.05) is 41.4 Å². The van der Waals surface area contributed by atoms with E-state index < -0.39 is 5.97 Å². The molecule has 0 aliphatic carbocycles. The molecule has 3 aromatic carbocycles. The van der Waals surface area contributed by atoms with Crippen molar-refractivity contribution in [1.82, 2.24) is 0 Å². The molecule has 1 aliphatic rings. The van der Waals surface area contributed by atoms with Gasteiger partial charge in [-0.15, -0.1) is 0 Å². The van der Waals surface area contributed by atoms with Crippen molar-refractivity contribution in [2.75, 3.05) is 0 Å². The second-order valence-electron chi connectivity index (χ2n) is 6.45. The third-order valence-corrected chi connectivity index (χ3v) is 5.72. The van der Waals surface area contributed by atoms with Crippen molar-refractivity contribution in [1.29, 1.82) is 0 Å². The minimum atomic E-state index is -0.481. The van der Waals surface area contributed by atoms with Gasteiger partial charge in [0.1, 0.15) is 12.4 Å². The fraction of sp³-hybridized carbons (Fsp3) is 0.0435. The molecule has 0 unspecified atom stereocenters. The molecule has 0 bridgehead atoms. The van der Waals surface area contributed by atoms with Crippen LogP contribution >= 0.6 is 45.8 Å². The minimum absolute atomic E-state index is 0.241. The maximum Gasteiger partial charge on any atom is 0.363 e. The van der Waals surface area contributed by atoms with E-state index in [1.807, 2.05) is 54.6 Å². The maximum absolute atomic E-state index is 12.2. The van der Waals surface area contributed by atoms with Crippen LogP contribution in [-0.2, 0) is 16.1 Å². The van der Waals surface area contributed by atoms with E-state index in [2.05, 4.69) is 27.6 Å². The van der Waals surface area contributed by atoms with Crippen LogP contribution in [0.2, 0.25) is 10.0 Å². The minimum Gasteiger partial charge on any atom is -0.489 e. The van der Waals surface area contributed by atoms with E-state index in [1.165, 1.54) is 0 Å². The topological polar surface area (TPSA) is 47.9 Å². The van der Waals surface area contributed by atoms with Crippen LogP contribution in [0.3, 0.4) is 0 Å². The van der Waals surface area contributed by atoms with Crippen LogP contribution in [0, 0.1) is 3.57 Å². The molecule has 0 N–H and O–H groups in total. The Morgan fingerprint density at radius 1 is 1.00 bits per heavy atom. The molecule has 4 nitrogen and oxygen atoms in total. The molecule has 0 spiro atoms. The van der Waals surface area contributed by atoms with E-state index in [1.54, 1.807) is 18.2 Å². The van der Waals surface area contributed by atoms with Crippen molar-refractivity contribution in [2.45, 2.75) is 6.61 Å². The Labute approximate surface area is 197 Å². The van der Waals surface area contributed by atoms with Crippen LogP contribution < -0.4 is 4.74 Å². The van der Waals surface area contributed by atoms with E-state index in [-0.39, 0.29) is 5.70 Å². The first-order valence-corrected chi connectivity index (χ1v) is 10.8. The Kier molecular flexibility index (Phi) is 6.41. The summed E-state index contributed by atoms with van der Waals surface area (Å²) in [7, 11) is 0. The van der Waals surface area contributed by atoms with Gasteiger partial charge in [-0.05, 0) is 88.3 Å². The zero-order valence-electron chi connectivity index (χ0n) is 15.4. The smallest absolute Gasteiger partial charge is 0.363 e. The molecule has 7 heteroatoms. The summed E-state index contributed by atoms with van der Waals surface area (Å²) in [5, 5.41) is 0.987. The monoisotopic (exact) mass is 549 g/mol. The van der Waals surface area contributed by atoms with Gasteiger partial charge >= 0.3 is 5.97 Å². The SMILES string of the molecule is O=C1OC(c2ccc(I)cc2)=N/C1=C\c1cccc(OCc2ccc(Cl)c(Cl)c2)c1. The zero-order valence-corrected chi connectivity index (χ0v) is 19.1. The lowest BCUT2D eigenvalue weighted by Crippen LogP contribution is -2.05. The van der Waals surface area contributed by atoms with Crippen molar-refractivity contribution in [3.63, 3.8) is 0 Å². The van der Waals surface area contributed by atoms with Gasteiger partial charge in [0.05, 0.1) is 10.0 Å². The van der Waals surface area contributed by atoms with E-state index in [9.17, 15) is 4.79 Å². The normalized spacial score (nSPS) is 14.6. The molecule has 0 saturated carbocycles. The zero-order chi connectivity index (χ0) is 21.1. The molecule has 0 fully saturated rings. The van der Waals surface area contributed by atoms with E-state index >= 15 is 0 Å². The second kappa shape index (κ2) is 9.20. The molecule has 0 amide bonds. The predicted molar refractivity (Wildman–Crippen MR) is 127 cm³/mol. The highest BCUT2D eigenvalue weighted by Gasteiger charge is 2.24. The molecule has 1 aliphatic heterocycles. The molecule has 30 heavy (non-hydrogen) atoms. The molecule has 3 aromatic rings. The van der Waals surface area contributed by atoms with Crippen LogP contribution in [0.5, 0.6) is 5.75 Å². The summed E-state index contributed by atoms with van der Waals surface area (Å²) < 4.78 is 12.2. The lowest BCUT2D eigenvalue weighted by Gasteiger charge is -2.08. The predicted octanol–water partition coefficient (Wildman–Crippen LogP) is 6.52. The Morgan fingerprint density at radius 3 is 2.57 bits per heavy atom. The van der Waals surface area contributed by atoms with Gasteiger partial charge in [0, 0.05) is 9.13 Å². The molecule has 0 atom stereocenters. The number of cyclic esters (lactones) is 1. The summed E-state index contributed by atoms with van der Waals surface area (Å²) in [6, 6.07) is 20.3. The number of ether oxygens (including phenoxy) is 2.